The number of amides is 1. The molecule has 106 valence electrons. The van der Waals surface area contributed by atoms with Crippen LogP contribution in [0.1, 0.15) is 11.8 Å². The van der Waals surface area contributed by atoms with Crippen LogP contribution in [-0.2, 0) is 11.2 Å². The summed E-state index contributed by atoms with van der Waals surface area (Å²) in [5.74, 6) is 0.386. The summed E-state index contributed by atoms with van der Waals surface area (Å²) in [7, 11) is 0. The van der Waals surface area contributed by atoms with Gasteiger partial charge in [0, 0.05) is 11.4 Å². The van der Waals surface area contributed by atoms with Crippen LogP contribution in [0.2, 0.25) is 5.02 Å². The summed E-state index contributed by atoms with van der Waals surface area (Å²) in [6.07, 6.45) is 0.264. The molecule has 3 nitrogen and oxygen atoms in total. The lowest BCUT2D eigenvalue weighted by Crippen LogP contribution is -2.37. The molecule has 1 N–H and O–H groups in total. The van der Waals surface area contributed by atoms with E-state index in [1.54, 1.807) is 30.4 Å². The van der Waals surface area contributed by atoms with Gasteiger partial charge in [-0.3, -0.25) is 4.79 Å². The van der Waals surface area contributed by atoms with E-state index in [-0.39, 0.29) is 5.91 Å². The van der Waals surface area contributed by atoms with Crippen LogP contribution < -0.4 is 10.1 Å². The highest BCUT2D eigenvalue weighted by Crippen LogP contribution is 2.24. The van der Waals surface area contributed by atoms with E-state index >= 15 is 0 Å². The summed E-state index contributed by atoms with van der Waals surface area (Å²) in [5.41, 5.74) is 0. The number of hydrogen-bond acceptors (Lipinski definition) is 3. The molecule has 1 atom stereocenters. The average molecular weight is 310 g/mol. The van der Waals surface area contributed by atoms with E-state index in [0.717, 1.165) is 6.42 Å². The second-order valence-electron chi connectivity index (χ2n) is 4.31. The summed E-state index contributed by atoms with van der Waals surface area (Å²) in [6, 6.07) is 11.2. The SMILES string of the molecule is CC(Oc1ccccc1Cl)C(=O)NCCc1cccs1. The zero-order valence-corrected chi connectivity index (χ0v) is 12.7. The number of halogens is 1. The van der Waals surface area contributed by atoms with Crippen molar-refractivity contribution < 1.29 is 9.53 Å². The number of benzene rings is 1. The van der Waals surface area contributed by atoms with Gasteiger partial charge in [-0.1, -0.05) is 29.8 Å². The predicted octanol–water partition coefficient (Wildman–Crippen LogP) is 3.53. The molecular formula is C15H16ClNO2S. The average Bonchev–Trinajstić information content (AvgIpc) is 2.94. The van der Waals surface area contributed by atoms with Gasteiger partial charge in [0.15, 0.2) is 6.10 Å². The molecule has 5 heteroatoms. The lowest BCUT2D eigenvalue weighted by molar-refractivity contribution is -0.127. The van der Waals surface area contributed by atoms with Gasteiger partial charge in [-0.2, -0.15) is 0 Å². The fourth-order valence-electron chi connectivity index (χ4n) is 1.69. The summed E-state index contributed by atoms with van der Waals surface area (Å²) < 4.78 is 5.55. The van der Waals surface area contributed by atoms with Crippen LogP contribution in [0.25, 0.3) is 0 Å². The Balaban J connectivity index is 1.79. The molecule has 0 aliphatic carbocycles. The Morgan fingerprint density at radius 3 is 2.85 bits per heavy atom. The quantitative estimate of drug-likeness (QED) is 0.886. The van der Waals surface area contributed by atoms with Gasteiger partial charge < -0.3 is 10.1 Å². The maximum Gasteiger partial charge on any atom is 0.260 e. The van der Waals surface area contributed by atoms with E-state index in [0.29, 0.717) is 17.3 Å². The molecule has 0 fully saturated rings. The molecule has 1 unspecified atom stereocenters. The van der Waals surface area contributed by atoms with E-state index in [1.807, 2.05) is 23.6 Å². The summed E-state index contributed by atoms with van der Waals surface area (Å²) in [4.78, 5) is 13.2. The summed E-state index contributed by atoms with van der Waals surface area (Å²) >= 11 is 7.68. The molecule has 1 heterocycles. The minimum Gasteiger partial charge on any atom is -0.479 e. The molecule has 1 amide bonds. The third-order valence-corrected chi connectivity index (χ3v) is 4.01. The van der Waals surface area contributed by atoms with Gasteiger partial charge in [0.25, 0.3) is 5.91 Å². The van der Waals surface area contributed by atoms with Gasteiger partial charge >= 0.3 is 0 Å². The first-order valence-electron chi connectivity index (χ1n) is 6.38. The van der Waals surface area contributed by atoms with Crippen molar-refractivity contribution >= 4 is 28.8 Å². The van der Waals surface area contributed by atoms with Gasteiger partial charge in [0.05, 0.1) is 5.02 Å². The fourth-order valence-corrected chi connectivity index (χ4v) is 2.58. The molecule has 0 radical (unpaired) electrons. The first-order valence-corrected chi connectivity index (χ1v) is 7.64. The monoisotopic (exact) mass is 309 g/mol. The Morgan fingerprint density at radius 1 is 1.35 bits per heavy atom. The number of carbonyl (C=O) groups excluding carboxylic acids is 1. The lowest BCUT2D eigenvalue weighted by atomic mass is 10.3. The van der Waals surface area contributed by atoms with Crippen molar-refractivity contribution in [3.05, 3.63) is 51.7 Å². The molecule has 2 rings (SSSR count). The molecule has 0 bridgehead atoms. The van der Waals surface area contributed by atoms with Crippen LogP contribution in [0.4, 0.5) is 0 Å². The van der Waals surface area contributed by atoms with Crippen molar-refractivity contribution in [3.8, 4) is 5.75 Å². The topological polar surface area (TPSA) is 38.3 Å². The molecule has 1 aromatic carbocycles. The molecule has 0 saturated heterocycles. The van der Waals surface area contributed by atoms with Crippen LogP contribution >= 0.6 is 22.9 Å². The summed E-state index contributed by atoms with van der Waals surface area (Å²) in [6.45, 7) is 2.32. The molecular weight excluding hydrogens is 294 g/mol. The van der Waals surface area contributed by atoms with Crippen LogP contribution in [0.3, 0.4) is 0 Å². The number of hydrogen-bond donors (Lipinski definition) is 1. The van der Waals surface area contributed by atoms with Crippen LogP contribution in [0.15, 0.2) is 41.8 Å². The van der Waals surface area contributed by atoms with E-state index in [2.05, 4.69) is 11.4 Å². The van der Waals surface area contributed by atoms with Gasteiger partial charge in [0.2, 0.25) is 0 Å². The van der Waals surface area contributed by atoms with E-state index in [9.17, 15) is 4.79 Å². The molecule has 20 heavy (non-hydrogen) atoms. The first-order chi connectivity index (χ1) is 9.66. The molecule has 0 aliphatic rings. The molecule has 1 aromatic heterocycles. The number of ether oxygens (including phenoxy) is 1. The normalized spacial score (nSPS) is 11.9. The van der Waals surface area contributed by atoms with Gasteiger partial charge in [-0.15, -0.1) is 11.3 Å². The van der Waals surface area contributed by atoms with Crippen molar-refractivity contribution in [3.63, 3.8) is 0 Å². The fraction of sp³-hybridized carbons (Fsp3) is 0.267. The third kappa shape index (κ3) is 4.25. The maximum absolute atomic E-state index is 11.9. The lowest BCUT2D eigenvalue weighted by Gasteiger charge is -2.15. The molecule has 0 spiro atoms. The number of rotatable bonds is 6. The zero-order valence-electron chi connectivity index (χ0n) is 11.1. The van der Waals surface area contributed by atoms with E-state index in [4.69, 9.17) is 16.3 Å². The Morgan fingerprint density at radius 2 is 2.15 bits per heavy atom. The Bertz CT molecular complexity index is 557. The maximum atomic E-state index is 11.9. The van der Waals surface area contributed by atoms with Crippen LogP contribution in [-0.4, -0.2) is 18.6 Å². The second kappa shape index (κ2) is 7.31. The Kier molecular flexibility index (Phi) is 5.44. The Hall–Kier alpha value is -1.52. The van der Waals surface area contributed by atoms with Gasteiger partial charge in [-0.25, -0.2) is 0 Å². The van der Waals surface area contributed by atoms with Crippen molar-refractivity contribution in [2.24, 2.45) is 0 Å². The highest BCUT2D eigenvalue weighted by Gasteiger charge is 2.15. The van der Waals surface area contributed by atoms with Crippen molar-refractivity contribution in [1.29, 1.82) is 0 Å². The summed E-state index contributed by atoms with van der Waals surface area (Å²) in [5, 5.41) is 5.39. The van der Waals surface area contributed by atoms with Gasteiger partial charge in [0.1, 0.15) is 5.75 Å². The molecule has 0 aliphatic heterocycles. The van der Waals surface area contributed by atoms with Crippen molar-refractivity contribution in [2.45, 2.75) is 19.4 Å². The molecule has 2 aromatic rings. The predicted molar refractivity (Wildman–Crippen MR) is 82.6 cm³/mol. The van der Waals surface area contributed by atoms with Crippen molar-refractivity contribution in [1.82, 2.24) is 5.32 Å². The highest BCUT2D eigenvalue weighted by molar-refractivity contribution is 7.09. The molecule has 0 saturated carbocycles. The van der Waals surface area contributed by atoms with Crippen molar-refractivity contribution in [2.75, 3.05) is 6.54 Å². The second-order valence-corrected chi connectivity index (χ2v) is 5.75. The van der Waals surface area contributed by atoms with Crippen LogP contribution in [0.5, 0.6) is 5.75 Å². The number of thiophene rings is 1. The number of carbonyl (C=O) groups is 1. The number of nitrogens with one attached hydrogen (secondary N) is 1. The van der Waals surface area contributed by atoms with E-state index < -0.39 is 6.10 Å². The van der Waals surface area contributed by atoms with Gasteiger partial charge in [-0.05, 0) is 36.9 Å². The standard InChI is InChI=1S/C15H16ClNO2S/c1-11(19-14-7-3-2-6-13(14)16)15(18)17-9-8-12-5-4-10-20-12/h2-7,10-11H,8-9H2,1H3,(H,17,18). The number of para-hydroxylation sites is 1. The minimum atomic E-state index is -0.571. The third-order valence-electron chi connectivity index (χ3n) is 2.76. The first kappa shape index (κ1) is 14.9. The van der Waals surface area contributed by atoms with Crippen LogP contribution in [0, 0.1) is 0 Å². The smallest absolute Gasteiger partial charge is 0.260 e. The van der Waals surface area contributed by atoms with E-state index in [1.165, 1.54) is 4.88 Å². The Labute approximate surface area is 127 Å². The zero-order chi connectivity index (χ0) is 14.4. The highest BCUT2D eigenvalue weighted by atomic mass is 35.5. The largest absolute Gasteiger partial charge is 0.479 e. The minimum absolute atomic E-state index is 0.138.